The molecule has 0 fully saturated rings. The molecule has 8 heteroatoms. The average molecular weight is 403 g/mol. The number of nitriles is 1. The Morgan fingerprint density at radius 3 is 2.50 bits per heavy atom. The molecule has 0 aromatic heterocycles. The Balaban J connectivity index is 1.60. The van der Waals surface area contributed by atoms with Gasteiger partial charge < -0.3 is 16.0 Å². The Morgan fingerprint density at radius 1 is 1.04 bits per heavy atom. The number of nitrogens with zero attached hydrogens (tertiary/aromatic N) is 1. The highest BCUT2D eigenvalue weighted by molar-refractivity contribution is 6.30. The van der Waals surface area contributed by atoms with Crippen molar-refractivity contribution in [1.29, 1.82) is 5.26 Å². The van der Waals surface area contributed by atoms with Crippen molar-refractivity contribution in [1.82, 2.24) is 10.6 Å². The highest BCUT2D eigenvalue weighted by Crippen LogP contribution is 2.17. The van der Waals surface area contributed by atoms with Gasteiger partial charge in [0.1, 0.15) is 17.4 Å². The Kier molecular flexibility index (Phi) is 8.25. The summed E-state index contributed by atoms with van der Waals surface area (Å²) in [6.07, 6.45) is 0.769. The lowest BCUT2D eigenvalue weighted by atomic mass is 10.2. The predicted octanol–water partition coefficient (Wildman–Crippen LogP) is 3.09. The van der Waals surface area contributed by atoms with Crippen molar-refractivity contribution in [3.05, 3.63) is 64.4 Å². The zero-order chi connectivity index (χ0) is 20.4. The normalized spacial score (nSPS) is 10.0. The second-order valence-corrected chi connectivity index (χ2v) is 6.35. The van der Waals surface area contributed by atoms with E-state index in [1.165, 1.54) is 12.1 Å². The van der Waals surface area contributed by atoms with Gasteiger partial charge in [-0.3, -0.25) is 9.59 Å². The van der Waals surface area contributed by atoms with E-state index in [9.17, 15) is 14.0 Å². The molecule has 0 saturated carbocycles. The second kappa shape index (κ2) is 10.9. The van der Waals surface area contributed by atoms with Crippen molar-refractivity contribution in [3.63, 3.8) is 0 Å². The number of carbonyl (C=O) groups is 2. The number of anilines is 1. The molecule has 6 nitrogen and oxygen atoms in total. The Morgan fingerprint density at radius 2 is 1.79 bits per heavy atom. The number of carbonyl (C=O) groups excluding carboxylic acids is 2. The summed E-state index contributed by atoms with van der Waals surface area (Å²) < 4.78 is 13.5. The van der Waals surface area contributed by atoms with Gasteiger partial charge in [-0.1, -0.05) is 17.7 Å². The fourth-order valence-electron chi connectivity index (χ4n) is 2.43. The summed E-state index contributed by atoms with van der Waals surface area (Å²) in [5, 5.41) is 17.9. The summed E-state index contributed by atoms with van der Waals surface area (Å²) in [6, 6.07) is 12.7. The molecule has 0 heterocycles. The van der Waals surface area contributed by atoms with Crippen LogP contribution in [0, 0.1) is 17.1 Å². The summed E-state index contributed by atoms with van der Waals surface area (Å²) in [5.41, 5.74) is 0.848. The van der Waals surface area contributed by atoms with Crippen LogP contribution < -0.4 is 16.0 Å². The number of rotatable bonds is 9. The first-order valence-electron chi connectivity index (χ1n) is 8.74. The maximum Gasteiger partial charge on any atom is 0.251 e. The molecule has 0 aliphatic rings. The third-order valence-electron chi connectivity index (χ3n) is 3.86. The van der Waals surface area contributed by atoms with Gasteiger partial charge >= 0.3 is 0 Å². The third kappa shape index (κ3) is 6.56. The Labute approximate surface area is 167 Å². The highest BCUT2D eigenvalue weighted by Gasteiger charge is 2.08. The van der Waals surface area contributed by atoms with Gasteiger partial charge in [0.2, 0.25) is 5.91 Å². The SMILES string of the molecule is N#Cc1c(F)cccc1NCCNC(=O)CCCNC(=O)c1ccc(Cl)cc1. The molecule has 3 N–H and O–H groups in total. The Hall–Kier alpha value is -3.11. The quantitative estimate of drug-likeness (QED) is 0.562. The van der Waals surface area contributed by atoms with Gasteiger partial charge in [0.05, 0.1) is 5.69 Å². The maximum atomic E-state index is 13.5. The molecule has 2 amide bonds. The molecule has 0 bridgehead atoms. The van der Waals surface area contributed by atoms with Crippen LogP contribution in [0.5, 0.6) is 0 Å². The lowest BCUT2D eigenvalue weighted by Crippen LogP contribution is -2.30. The number of nitrogens with one attached hydrogen (secondary N) is 3. The molecule has 0 aliphatic heterocycles. The first-order valence-corrected chi connectivity index (χ1v) is 9.12. The average Bonchev–Trinajstić information content (AvgIpc) is 2.69. The maximum absolute atomic E-state index is 13.5. The van der Waals surface area contributed by atoms with Crippen LogP contribution in [-0.2, 0) is 4.79 Å². The standard InChI is InChI=1S/C20H20ClFN4O2/c21-15-8-6-14(7-9-15)20(28)26-10-2-5-19(27)25-12-11-24-18-4-1-3-17(22)16(18)13-23/h1,3-4,6-9,24H,2,5,10-12H2,(H,25,27)(H,26,28). The van der Waals surface area contributed by atoms with Gasteiger partial charge in [-0.15, -0.1) is 0 Å². The largest absolute Gasteiger partial charge is 0.382 e. The van der Waals surface area contributed by atoms with Crippen LogP contribution in [0.1, 0.15) is 28.8 Å². The molecule has 146 valence electrons. The molecule has 0 aliphatic carbocycles. The fraction of sp³-hybridized carbons (Fsp3) is 0.250. The molecule has 28 heavy (non-hydrogen) atoms. The smallest absolute Gasteiger partial charge is 0.251 e. The zero-order valence-electron chi connectivity index (χ0n) is 15.1. The van der Waals surface area contributed by atoms with Crippen LogP contribution in [-0.4, -0.2) is 31.4 Å². The van der Waals surface area contributed by atoms with Crippen LogP contribution >= 0.6 is 11.6 Å². The summed E-state index contributed by atoms with van der Waals surface area (Å²) in [6.45, 7) is 1.07. The van der Waals surface area contributed by atoms with Crippen molar-refractivity contribution < 1.29 is 14.0 Å². The molecule has 0 spiro atoms. The number of hydrogen-bond donors (Lipinski definition) is 3. The first-order chi connectivity index (χ1) is 13.5. The van der Waals surface area contributed by atoms with E-state index in [0.29, 0.717) is 42.3 Å². The summed E-state index contributed by atoms with van der Waals surface area (Å²) in [5.74, 6) is -0.955. The van der Waals surface area contributed by atoms with E-state index in [1.807, 2.05) is 0 Å². The molecule has 0 radical (unpaired) electrons. The van der Waals surface area contributed by atoms with E-state index in [-0.39, 0.29) is 23.8 Å². The van der Waals surface area contributed by atoms with Gasteiger partial charge in [-0.25, -0.2) is 4.39 Å². The molecule has 0 saturated heterocycles. The minimum absolute atomic E-state index is 0.0507. The topological polar surface area (TPSA) is 94.0 Å². The molecule has 0 atom stereocenters. The zero-order valence-corrected chi connectivity index (χ0v) is 15.9. The highest BCUT2D eigenvalue weighted by atomic mass is 35.5. The number of amides is 2. The van der Waals surface area contributed by atoms with Gasteiger partial charge in [0.15, 0.2) is 0 Å². The van der Waals surface area contributed by atoms with Crippen molar-refractivity contribution >= 4 is 29.1 Å². The predicted molar refractivity (Wildman–Crippen MR) is 106 cm³/mol. The van der Waals surface area contributed by atoms with E-state index < -0.39 is 5.82 Å². The molecule has 2 rings (SSSR count). The number of halogens is 2. The molecule has 2 aromatic rings. The third-order valence-corrected chi connectivity index (χ3v) is 4.11. The van der Waals surface area contributed by atoms with Crippen molar-refractivity contribution in [2.45, 2.75) is 12.8 Å². The van der Waals surface area contributed by atoms with Gasteiger partial charge in [-0.2, -0.15) is 5.26 Å². The van der Waals surface area contributed by atoms with Crippen LogP contribution in [0.3, 0.4) is 0 Å². The van der Waals surface area contributed by atoms with Crippen molar-refractivity contribution in [2.24, 2.45) is 0 Å². The van der Waals surface area contributed by atoms with E-state index >= 15 is 0 Å². The molecular weight excluding hydrogens is 383 g/mol. The van der Waals surface area contributed by atoms with Gasteiger partial charge in [0, 0.05) is 36.6 Å². The molecule has 2 aromatic carbocycles. The van der Waals surface area contributed by atoms with Crippen LogP contribution in [0.4, 0.5) is 10.1 Å². The Bertz CT molecular complexity index is 865. The monoisotopic (exact) mass is 402 g/mol. The van der Waals surface area contributed by atoms with E-state index in [4.69, 9.17) is 16.9 Å². The lowest BCUT2D eigenvalue weighted by molar-refractivity contribution is -0.121. The van der Waals surface area contributed by atoms with E-state index in [0.717, 1.165) is 0 Å². The van der Waals surface area contributed by atoms with Gasteiger partial charge in [0.25, 0.3) is 5.91 Å². The molecular formula is C20H20ClFN4O2. The van der Waals surface area contributed by atoms with E-state index in [1.54, 1.807) is 36.4 Å². The van der Waals surface area contributed by atoms with E-state index in [2.05, 4.69) is 16.0 Å². The van der Waals surface area contributed by atoms with Crippen LogP contribution in [0.25, 0.3) is 0 Å². The summed E-state index contributed by atoms with van der Waals surface area (Å²) in [7, 11) is 0. The minimum atomic E-state index is -0.586. The second-order valence-electron chi connectivity index (χ2n) is 5.92. The van der Waals surface area contributed by atoms with Crippen LogP contribution in [0.15, 0.2) is 42.5 Å². The minimum Gasteiger partial charge on any atom is -0.382 e. The molecule has 0 unspecified atom stereocenters. The first kappa shape index (κ1) is 21.2. The van der Waals surface area contributed by atoms with Crippen LogP contribution in [0.2, 0.25) is 5.02 Å². The number of hydrogen-bond acceptors (Lipinski definition) is 4. The van der Waals surface area contributed by atoms with Crippen molar-refractivity contribution in [2.75, 3.05) is 25.0 Å². The van der Waals surface area contributed by atoms with Crippen molar-refractivity contribution in [3.8, 4) is 6.07 Å². The number of benzene rings is 2. The lowest BCUT2D eigenvalue weighted by Gasteiger charge is -2.10. The van der Waals surface area contributed by atoms with Gasteiger partial charge in [-0.05, 0) is 42.8 Å². The summed E-state index contributed by atoms with van der Waals surface area (Å²) in [4.78, 5) is 23.7. The fourth-order valence-corrected chi connectivity index (χ4v) is 2.55. The summed E-state index contributed by atoms with van der Waals surface area (Å²) >= 11 is 5.78.